The molecule has 0 aliphatic heterocycles. The summed E-state index contributed by atoms with van der Waals surface area (Å²) in [5, 5.41) is 11.5. The zero-order valence-electron chi connectivity index (χ0n) is 11.6. The van der Waals surface area contributed by atoms with E-state index in [9.17, 15) is 9.59 Å². The Morgan fingerprint density at radius 3 is 2.48 bits per heavy atom. The maximum atomic E-state index is 12.0. The number of anilines is 2. The van der Waals surface area contributed by atoms with Crippen molar-refractivity contribution in [1.82, 2.24) is 9.97 Å². The number of hydrogen-bond acceptors (Lipinski definition) is 5. The summed E-state index contributed by atoms with van der Waals surface area (Å²) < 4.78 is 0. The molecule has 0 fully saturated rings. The molecule has 0 aliphatic carbocycles. The number of carbonyl (C=O) groups excluding carboxylic acids is 1. The second kappa shape index (κ2) is 6.00. The van der Waals surface area contributed by atoms with E-state index in [1.165, 1.54) is 24.7 Å². The molecule has 2 aromatic heterocycles. The van der Waals surface area contributed by atoms with Crippen LogP contribution in [0.4, 0.5) is 11.5 Å². The minimum atomic E-state index is -1.10. The molecule has 21 heavy (non-hydrogen) atoms. The van der Waals surface area contributed by atoms with E-state index in [2.05, 4.69) is 15.3 Å². The van der Waals surface area contributed by atoms with Crippen LogP contribution in [0.15, 0.2) is 36.8 Å². The van der Waals surface area contributed by atoms with Crippen molar-refractivity contribution in [3.63, 3.8) is 0 Å². The molecule has 0 radical (unpaired) electrons. The molecule has 2 heterocycles. The first-order valence-corrected chi connectivity index (χ1v) is 6.10. The number of carbonyl (C=O) groups is 2. The van der Waals surface area contributed by atoms with Crippen molar-refractivity contribution in [3.8, 4) is 0 Å². The van der Waals surface area contributed by atoms with Crippen molar-refractivity contribution in [2.24, 2.45) is 0 Å². The molecule has 0 bridgehead atoms. The first kappa shape index (κ1) is 14.4. The van der Waals surface area contributed by atoms with Gasteiger partial charge in [0.1, 0.15) is 5.82 Å². The van der Waals surface area contributed by atoms with Gasteiger partial charge in [0.05, 0.1) is 23.0 Å². The average Bonchev–Trinajstić information content (AvgIpc) is 2.47. The topological polar surface area (TPSA) is 95.4 Å². The molecule has 108 valence electrons. The molecule has 0 saturated carbocycles. The normalized spacial score (nSPS) is 10.0. The molecule has 0 atom stereocenters. The lowest BCUT2D eigenvalue weighted by Gasteiger charge is -2.11. The number of amides is 1. The monoisotopic (exact) mass is 286 g/mol. The van der Waals surface area contributed by atoms with Gasteiger partial charge in [-0.3, -0.25) is 9.78 Å². The summed E-state index contributed by atoms with van der Waals surface area (Å²) in [6, 6.07) is 4.71. The van der Waals surface area contributed by atoms with E-state index in [0.29, 0.717) is 11.3 Å². The van der Waals surface area contributed by atoms with Gasteiger partial charge in [-0.15, -0.1) is 0 Å². The Kier molecular flexibility index (Phi) is 4.13. The van der Waals surface area contributed by atoms with E-state index in [1.54, 1.807) is 12.1 Å². The highest BCUT2D eigenvalue weighted by Crippen LogP contribution is 2.12. The Hall–Kier alpha value is -2.96. The lowest BCUT2D eigenvalue weighted by Crippen LogP contribution is -2.15. The first-order valence-electron chi connectivity index (χ1n) is 6.10. The molecule has 1 amide bonds. The molecule has 2 rings (SSSR count). The van der Waals surface area contributed by atoms with Crippen LogP contribution in [0.5, 0.6) is 0 Å². The predicted octanol–water partition coefficient (Wildman–Crippen LogP) is 1.49. The van der Waals surface area contributed by atoms with E-state index in [0.717, 1.165) is 5.82 Å². The summed E-state index contributed by atoms with van der Waals surface area (Å²) in [4.78, 5) is 32.6. The third-order valence-corrected chi connectivity index (χ3v) is 2.71. The Morgan fingerprint density at radius 2 is 1.90 bits per heavy atom. The smallest absolute Gasteiger partial charge is 0.337 e. The Morgan fingerprint density at radius 1 is 1.14 bits per heavy atom. The third kappa shape index (κ3) is 3.53. The van der Waals surface area contributed by atoms with Crippen LogP contribution in [0.2, 0.25) is 0 Å². The SMILES string of the molecule is CN(C)c1ccc(C(=O)Nc2cncc(C(=O)O)c2)cn1. The van der Waals surface area contributed by atoms with Gasteiger partial charge in [0, 0.05) is 26.5 Å². The molecule has 0 saturated heterocycles. The zero-order valence-corrected chi connectivity index (χ0v) is 11.6. The lowest BCUT2D eigenvalue weighted by atomic mass is 10.2. The summed E-state index contributed by atoms with van der Waals surface area (Å²) in [6.45, 7) is 0. The zero-order chi connectivity index (χ0) is 15.4. The average molecular weight is 286 g/mol. The number of hydrogen-bond donors (Lipinski definition) is 2. The van der Waals surface area contributed by atoms with Crippen molar-refractivity contribution >= 4 is 23.4 Å². The maximum Gasteiger partial charge on any atom is 0.337 e. The van der Waals surface area contributed by atoms with Crippen molar-refractivity contribution in [1.29, 1.82) is 0 Å². The van der Waals surface area contributed by atoms with Gasteiger partial charge in [0.25, 0.3) is 5.91 Å². The molecular weight excluding hydrogens is 272 g/mol. The van der Waals surface area contributed by atoms with Gasteiger partial charge >= 0.3 is 5.97 Å². The van der Waals surface area contributed by atoms with Crippen LogP contribution in [-0.2, 0) is 0 Å². The van der Waals surface area contributed by atoms with Crippen LogP contribution in [-0.4, -0.2) is 41.0 Å². The predicted molar refractivity (Wildman–Crippen MR) is 77.7 cm³/mol. The van der Waals surface area contributed by atoms with E-state index in [-0.39, 0.29) is 11.5 Å². The summed E-state index contributed by atoms with van der Waals surface area (Å²) >= 11 is 0. The fraction of sp³-hybridized carbons (Fsp3) is 0.143. The number of nitrogens with one attached hydrogen (secondary N) is 1. The molecule has 2 N–H and O–H groups in total. The van der Waals surface area contributed by atoms with E-state index in [4.69, 9.17) is 5.11 Å². The minimum absolute atomic E-state index is 0.00822. The van der Waals surface area contributed by atoms with Crippen LogP contribution in [0.3, 0.4) is 0 Å². The van der Waals surface area contributed by atoms with Gasteiger partial charge in [-0.2, -0.15) is 0 Å². The fourth-order valence-corrected chi connectivity index (χ4v) is 1.61. The van der Waals surface area contributed by atoms with Gasteiger partial charge in [-0.1, -0.05) is 0 Å². The van der Waals surface area contributed by atoms with E-state index >= 15 is 0 Å². The third-order valence-electron chi connectivity index (χ3n) is 2.71. The van der Waals surface area contributed by atoms with Crippen molar-refractivity contribution in [3.05, 3.63) is 47.9 Å². The number of carboxylic acid groups (broad SMARTS) is 1. The number of aromatic carboxylic acids is 1. The number of nitrogens with zero attached hydrogens (tertiary/aromatic N) is 3. The van der Waals surface area contributed by atoms with Gasteiger partial charge in [-0.25, -0.2) is 9.78 Å². The van der Waals surface area contributed by atoms with E-state index in [1.807, 2.05) is 19.0 Å². The number of rotatable bonds is 4. The largest absolute Gasteiger partial charge is 0.478 e. The Bertz CT molecular complexity index is 668. The Balaban J connectivity index is 2.14. The van der Waals surface area contributed by atoms with Crippen LogP contribution in [0.1, 0.15) is 20.7 Å². The van der Waals surface area contributed by atoms with Crippen LogP contribution >= 0.6 is 0 Å². The lowest BCUT2D eigenvalue weighted by molar-refractivity contribution is 0.0696. The minimum Gasteiger partial charge on any atom is -0.478 e. The summed E-state index contributed by atoms with van der Waals surface area (Å²) in [6.07, 6.45) is 4.05. The second-order valence-electron chi connectivity index (χ2n) is 4.52. The maximum absolute atomic E-state index is 12.0. The van der Waals surface area contributed by atoms with Gasteiger partial charge in [0.15, 0.2) is 0 Å². The molecule has 7 nitrogen and oxygen atoms in total. The first-order chi connectivity index (χ1) is 9.97. The number of carboxylic acids is 1. The standard InChI is InChI=1S/C14H14N4O3/c1-18(2)12-4-3-9(7-16-12)13(19)17-11-5-10(14(20)21)6-15-8-11/h3-8H,1-2H3,(H,17,19)(H,20,21). The summed E-state index contributed by atoms with van der Waals surface area (Å²) in [5.41, 5.74) is 0.701. The fourth-order valence-electron chi connectivity index (χ4n) is 1.61. The van der Waals surface area contributed by atoms with Gasteiger partial charge in [0.2, 0.25) is 0 Å². The van der Waals surface area contributed by atoms with Gasteiger partial charge in [-0.05, 0) is 18.2 Å². The number of aromatic nitrogens is 2. The van der Waals surface area contributed by atoms with E-state index < -0.39 is 5.97 Å². The van der Waals surface area contributed by atoms with Crippen LogP contribution in [0.25, 0.3) is 0 Å². The molecule has 7 heteroatoms. The van der Waals surface area contributed by atoms with Crippen molar-refractivity contribution in [2.45, 2.75) is 0 Å². The molecule has 2 aromatic rings. The highest BCUT2D eigenvalue weighted by Gasteiger charge is 2.09. The summed E-state index contributed by atoms with van der Waals surface area (Å²) in [5.74, 6) is -0.742. The van der Waals surface area contributed by atoms with Crippen LogP contribution in [0, 0.1) is 0 Å². The van der Waals surface area contributed by atoms with Crippen molar-refractivity contribution < 1.29 is 14.7 Å². The quantitative estimate of drug-likeness (QED) is 0.884. The molecule has 0 spiro atoms. The number of pyridine rings is 2. The molecule has 0 aliphatic rings. The highest BCUT2D eigenvalue weighted by molar-refractivity contribution is 6.04. The highest BCUT2D eigenvalue weighted by atomic mass is 16.4. The second-order valence-corrected chi connectivity index (χ2v) is 4.52. The molecular formula is C14H14N4O3. The van der Waals surface area contributed by atoms with Crippen molar-refractivity contribution in [2.75, 3.05) is 24.3 Å². The summed E-state index contributed by atoms with van der Waals surface area (Å²) in [7, 11) is 3.70. The molecule has 0 unspecified atom stereocenters. The van der Waals surface area contributed by atoms with Gasteiger partial charge < -0.3 is 15.3 Å². The Labute approximate surface area is 121 Å². The van der Waals surface area contributed by atoms with Crippen LogP contribution < -0.4 is 10.2 Å². The molecule has 0 aromatic carbocycles.